The predicted molar refractivity (Wildman–Crippen MR) is 108 cm³/mol. The van der Waals surface area contributed by atoms with Crippen LogP contribution in [0.1, 0.15) is 46.4 Å². The normalized spacial score (nSPS) is 20.1. The van der Waals surface area contributed by atoms with E-state index in [1.807, 2.05) is 0 Å². The van der Waals surface area contributed by atoms with Gasteiger partial charge in [-0.15, -0.1) is 0 Å². The summed E-state index contributed by atoms with van der Waals surface area (Å²) in [5.74, 6) is -2.26. The third-order valence-corrected chi connectivity index (χ3v) is 6.23. The molecule has 0 radical (unpaired) electrons. The van der Waals surface area contributed by atoms with Gasteiger partial charge in [0.25, 0.3) is 5.91 Å². The Bertz CT molecular complexity index is 1160. The Labute approximate surface area is 176 Å². The monoisotopic (exact) mass is 423 g/mol. The van der Waals surface area contributed by atoms with E-state index >= 15 is 0 Å². The van der Waals surface area contributed by atoms with Crippen molar-refractivity contribution in [2.45, 2.75) is 30.8 Å². The van der Waals surface area contributed by atoms with Gasteiger partial charge in [-0.3, -0.25) is 14.3 Å². The molecular weight excluding hydrogens is 404 g/mol. The lowest BCUT2D eigenvalue weighted by molar-refractivity contribution is 0.0565. The number of amides is 1. The Kier molecular flexibility index (Phi) is 4.57. The molecule has 0 saturated carbocycles. The van der Waals surface area contributed by atoms with E-state index in [0.717, 1.165) is 23.7 Å². The molecular formula is C23H19F2N3O3. The zero-order valence-corrected chi connectivity index (χ0v) is 16.4. The number of aromatic nitrogens is 2. The molecule has 31 heavy (non-hydrogen) atoms. The van der Waals surface area contributed by atoms with Crippen molar-refractivity contribution in [3.63, 3.8) is 0 Å². The number of aromatic hydroxyl groups is 1. The van der Waals surface area contributed by atoms with Gasteiger partial charge in [-0.05, 0) is 48.2 Å². The van der Waals surface area contributed by atoms with Crippen LogP contribution in [0.2, 0.25) is 0 Å². The van der Waals surface area contributed by atoms with E-state index in [4.69, 9.17) is 0 Å². The summed E-state index contributed by atoms with van der Waals surface area (Å²) in [6, 6.07) is 11.3. The number of hydrogen-bond donors (Lipinski definition) is 1. The molecule has 1 N–H and O–H groups in total. The lowest BCUT2D eigenvalue weighted by atomic mass is 9.80. The van der Waals surface area contributed by atoms with Gasteiger partial charge >= 0.3 is 0 Å². The zero-order chi connectivity index (χ0) is 21.7. The lowest BCUT2D eigenvalue weighted by Crippen LogP contribution is -2.50. The first-order valence-corrected chi connectivity index (χ1v) is 10.1. The van der Waals surface area contributed by atoms with Gasteiger partial charge in [0, 0.05) is 12.5 Å². The summed E-state index contributed by atoms with van der Waals surface area (Å²) in [6.45, 7) is 0.502. The summed E-state index contributed by atoms with van der Waals surface area (Å²) in [6.07, 6.45) is 2.48. The number of rotatable bonds is 3. The average Bonchev–Trinajstić information content (AvgIpc) is 3.25. The summed E-state index contributed by atoms with van der Waals surface area (Å²) in [5, 5.41) is 14.7. The Balaban J connectivity index is 1.77. The van der Waals surface area contributed by atoms with Crippen LogP contribution < -0.4 is 5.43 Å². The molecule has 8 heteroatoms. The molecule has 1 saturated heterocycles. The maximum absolute atomic E-state index is 13.7. The second-order valence-corrected chi connectivity index (χ2v) is 7.93. The zero-order valence-electron chi connectivity index (χ0n) is 16.4. The Hall–Kier alpha value is -3.55. The lowest BCUT2D eigenvalue weighted by Gasteiger charge is -2.42. The summed E-state index contributed by atoms with van der Waals surface area (Å²) in [5.41, 5.74) is 0.635. The minimum absolute atomic E-state index is 0.148. The highest BCUT2D eigenvalue weighted by molar-refractivity contribution is 5.96. The molecule has 0 spiro atoms. The van der Waals surface area contributed by atoms with Crippen LogP contribution in [0, 0.1) is 11.6 Å². The van der Waals surface area contributed by atoms with Crippen molar-refractivity contribution in [2.75, 3.05) is 6.54 Å². The number of nitrogens with zero attached hydrogens (tertiary/aromatic N) is 3. The van der Waals surface area contributed by atoms with E-state index in [1.54, 1.807) is 29.2 Å². The van der Waals surface area contributed by atoms with Crippen LogP contribution in [0.15, 0.2) is 59.5 Å². The molecule has 2 aliphatic heterocycles. The van der Waals surface area contributed by atoms with Crippen molar-refractivity contribution in [2.24, 2.45) is 0 Å². The van der Waals surface area contributed by atoms with Gasteiger partial charge in [0.15, 0.2) is 11.4 Å². The Morgan fingerprint density at radius 3 is 2.13 bits per heavy atom. The molecule has 0 bridgehead atoms. The highest BCUT2D eigenvalue weighted by Crippen LogP contribution is 2.45. The number of hydrogen-bond acceptors (Lipinski definition) is 4. The van der Waals surface area contributed by atoms with Gasteiger partial charge in [-0.2, -0.15) is 5.10 Å². The molecule has 1 fully saturated rings. The maximum Gasteiger partial charge on any atom is 0.276 e. The largest absolute Gasteiger partial charge is 0.502 e. The summed E-state index contributed by atoms with van der Waals surface area (Å²) < 4.78 is 28.7. The number of benzene rings is 2. The van der Waals surface area contributed by atoms with E-state index in [-0.39, 0.29) is 23.4 Å². The Morgan fingerprint density at radius 1 is 0.968 bits per heavy atom. The molecule has 3 heterocycles. The fourth-order valence-electron chi connectivity index (χ4n) is 4.87. The molecule has 158 valence electrons. The molecule has 5 rings (SSSR count). The predicted octanol–water partition coefficient (Wildman–Crippen LogP) is 3.22. The van der Waals surface area contributed by atoms with Crippen LogP contribution in [0.5, 0.6) is 5.75 Å². The van der Waals surface area contributed by atoms with Crippen LogP contribution in [0.4, 0.5) is 8.78 Å². The Morgan fingerprint density at radius 2 is 1.55 bits per heavy atom. The fraction of sp³-hybridized carbons (Fsp3) is 0.261. The van der Waals surface area contributed by atoms with Crippen LogP contribution in [-0.2, 0) is 0 Å². The third-order valence-electron chi connectivity index (χ3n) is 6.23. The van der Waals surface area contributed by atoms with E-state index < -0.39 is 29.0 Å². The summed E-state index contributed by atoms with van der Waals surface area (Å²) in [4.78, 5) is 26.8. The number of carbonyl (C=O) groups excluding carboxylic acids is 1. The maximum atomic E-state index is 13.7. The first kappa shape index (κ1) is 19.4. The van der Waals surface area contributed by atoms with Crippen molar-refractivity contribution < 1.29 is 18.7 Å². The molecule has 6 nitrogen and oxygen atoms in total. The van der Waals surface area contributed by atoms with E-state index in [1.165, 1.54) is 28.9 Å². The SMILES string of the molecule is O=C1c2c(O)c(=O)cnn2[C@@H](C(c2ccc(F)cc2)c2ccc(F)cc2)[C@H]2CCCN12. The molecule has 1 aromatic heterocycles. The van der Waals surface area contributed by atoms with Gasteiger partial charge in [0.05, 0.1) is 18.3 Å². The smallest absolute Gasteiger partial charge is 0.276 e. The molecule has 0 unspecified atom stereocenters. The average molecular weight is 423 g/mol. The van der Waals surface area contributed by atoms with E-state index in [9.17, 15) is 23.5 Å². The van der Waals surface area contributed by atoms with Crippen molar-refractivity contribution >= 4 is 5.91 Å². The van der Waals surface area contributed by atoms with Gasteiger partial charge < -0.3 is 10.0 Å². The molecule has 3 aromatic rings. The molecule has 2 aromatic carbocycles. The van der Waals surface area contributed by atoms with Crippen LogP contribution >= 0.6 is 0 Å². The summed E-state index contributed by atoms with van der Waals surface area (Å²) >= 11 is 0. The van der Waals surface area contributed by atoms with Gasteiger partial charge in [0.1, 0.15) is 11.6 Å². The number of carbonyl (C=O) groups is 1. The van der Waals surface area contributed by atoms with Gasteiger partial charge in [0.2, 0.25) is 5.43 Å². The molecule has 2 aliphatic rings. The van der Waals surface area contributed by atoms with Gasteiger partial charge in [-0.1, -0.05) is 24.3 Å². The van der Waals surface area contributed by atoms with Crippen LogP contribution in [-0.4, -0.2) is 38.3 Å². The number of halogens is 2. The van der Waals surface area contributed by atoms with Crippen LogP contribution in [0.3, 0.4) is 0 Å². The van der Waals surface area contributed by atoms with Gasteiger partial charge in [-0.25, -0.2) is 8.78 Å². The standard InChI is InChI=1S/C23H19F2N3O3/c24-15-7-3-13(4-8-15)19(14-5-9-16(25)10-6-14)20-17-2-1-11-27(17)23(31)21-22(30)18(29)12-26-28(20)21/h3-10,12,17,19-20,30H,1-2,11H2/t17-,20-/m1/s1. The summed E-state index contributed by atoms with van der Waals surface area (Å²) in [7, 11) is 0. The first-order valence-electron chi connectivity index (χ1n) is 10.1. The minimum atomic E-state index is -0.726. The quantitative estimate of drug-likeness (QED) is 0.702. The highest BCUT2D eigenvalue weighted by atomic mass is 19.1. The van der Waals surface area contributed by atoms with Crippen LogP contribution in [0.25, 0.3) is 0 Å². The molecule has 0 aliphatic carbocycles. The third kappa shape index (κ3) is 3.10. The molecule has 2 atom stereocenters. The van der Waals surface area contributed by atoms with Crippen molar-refractivity contribution in [1.82, 2.24) is 14.7 Å². The topological polar surface area (TPSA) is 75.4 Å². The highest BCUT2D eigenvalue weighted by Gasteiger charge is 2.48. The number of fused-ring (bicyclic) bond motifs is 2. The molecule has 1 amide bonds. The van der Waals surface area contributed by atoms with Crippen molar-refractivity contribution in [1.29, 1.82) is 0 Å². The first-order chi connectivity index (χ1) is 15.0. The minimum Gasteiger partial charge on any atom is -0.502 e. The second kappa shape index (κ2) is 7.30. The fourth-order valence-corrected chi connectivity index (χ4v) is 4.87. The van der Waals surface area contributed by atoms with E-state index in [2.05, 4.69) is 5.10 Å². The second-order valence-electron chi connectivity index (χ2n) is 7.93. The van der Waals surface area contributed by atoms with Crippen molar-refractivity contribution in [3.05, 3.63) is 93.4 Å². The van der Waals surface area contributed by atoms with E-state index in [0.29, 0.717) is 13.0 Å². The van der Waals surface area contributed by atoms with Crippen molar-refractivity contribution in [3.8, 4) is 5.75 Å².